The van der Waals surface area contributed by atoms with Gasteiger partial charge in [-0.25, -0.2) is 19.5 Å². The molecule has 1 saturated heterocycles. The van der Waals surface area contributed by atoms with Crippen molar-refractivity contribution in [2.45, 2.75) is 13.0 Å². The number of ether oxygens (including phenoxy) is 1. The maximum atomic E-state index is 12.9. The van der Waals surface area contributed by atoms with Gasteiger partial charge >= 0.3 is 0 Å². The Morgan fingerprint density at radius 3 is 3.12 bits per heavy atom. The van der Waals surface area contributed by atoms with Gasteiger partial charge in [0.05, 0.1) is 19.3 Å². The van der Waals surface area contributed by atoms with Gasteiger partial charge in [-0.3, -0.25) is 4.79 Å². The average molecular weight is 324 g/mol. The van der Waals surface area contributed by atoms with Crippen molar-refractivity contribution in [2.75, 3.05) is 19.7 Å². The molecule has 1 unspecified atom stereocenters. The fourth-order valence-electron chi connectivity index (χ4n) is 2.76. The van der Waals surface area contributed by atoms with Crippen LogP contribution in [0.15, 0.2) is 36.9 Å². The van der Waals surface area contributed by atoms with Crippen LogP contribution in [0, 0.1) is 6.92 Å². The number of fused-ring (bicyclic) bond motifs is 1. The van der Waals surface area contributed by atoms with Crippen molar-refractivity contribution in [3.63, 3.8) is 0 Å². The molecule has 24 heavy (non-hydrogen) atoms. The van der Waals surface area contributed by atoms with Crippen molar-refractivity contribution >= 4 is 11.6 Å². The third-order valence-corrected chi connectivity index (χ3v) is 3.96. The van der Waals surface area contributed by atoms with Crippen molar-refractivity contribution in [1.29, 1.82) is 0 Å². The van der Waals surface area contributed by atoms with E-state index in [-0.39, 0.29) is 12.0 Å². The first-order valence-corrected chi connectivity index (χ1v) is 7.71. The largest absolute Gasteiger partial charge is 0.367 e. The van der Waals surface area contributed by atoms with Crippen molar-refractivity contribution in [3.05, 3.63) is 54.0 Å². The number of hydrogen-bond acceptors (Lipinski definition) is 6. The maximum Gasteiger partial charge on any atom is 0.259 e. The quantitative estimate of drug-likeness (QED) is 0.700. The zero-order valence-corrected chi connectivity index (χ0v) is 13.2. The number of rotatable bonds is 2. The Kier molecular flexibility index (Phi) is 3.66. The van der Waals surface area contributed by atoms with E-state index < -0.39 is 0 Å². The smallest absolute Gasteiger partial charge is 0.259 e. The van der Waals surface area contributed by atoms with Gasteiger partial charge in [-0.1, -0.05) is 0 Å². The molecular weight excluding hydrogens is 308 g/mol. The van der Waals surface area contributed by atoms with Crippen LogP contribution in [-0.2, 0) is 4.74 Å². The monoisotopic (exact) mass is 324 g/mol. The highest BCUT2D eigenvalue weighted by molar-refractivity contribution is 5.99. The van der Waals surface area contributed by atoms with Crippen molar-refractivity contribution in [2.24, 2.45) is 0 Å². The van der Waals surface area contributed by atoms with Crippen molar-refractivity contribution in [1.82, 2.24) is 29.5 Å². The molecule has 0 N–H and O–H groups in total. The predicted octanol–water partition coefficient (Wildman–Crippen LogP) is 1.04. The van der Waals surface area contributed by atoms with E-state index in [1.807, 2.05) is 13.0 Å². The van der Waals surface area contributed by atoms with Crippen LogP contribution in [-0.4, -0.2) is 55.1 Å². The van der Waals surface area contributed by atoms with Gasteiger partial charge in [-0.2, -0.15) is 5.10 Å². The number of amides is 1. The summed E-state index contributed by atoms with van der Waals surface area (Å²) in [4.78, 5) is 27.5. The topological polar surface area (TPSA) is 85.5 Å². The fraction of sp³-hybridized carbons (Fsp3) is 0.312. The number of carbonyl (C=O) groups is 1. The molecule has 4 rings (SSSR count). The lowest BCUT2D eigenvalue weighted by molar-refractivity contribution is -0.0268. The molecule has 1 fully saturated rings. The molecule has 0 aromatic carbocycles. The Balaban J connectivity index is 1.58. The van der Waals surface area contributed by atoms with Crippen LogP contribution in [0.5, 0.6) is 0 Å². The molecule has 0 aliphatic carbocycles. The van der Waals surface area contributed by atoms with Gasteiger partial charge in [0.2, 0.25) is 0 Å². The molecule has 0 bridgehead atoms. The van der Waals surface area contributed by atoms with E-state index in [0.717, 1.165) is 5.69 Å². The third-order valence-electron chi connectivity index (χ3n) is 3.96. The molecule has 0 spiro atoms. The summed E-state index contributed by atoms with van der Waals surface area (Å²) >= 11 is 0. The van der Waals surface area contributed by atoms with E-state index in [0.29, 0.717) is 36.7 Å². The lowest BCUT2D eigenvalue weighted by Gasteiger charge is -2.32. The number of carbonyl (C=O) groups excluding carboxylic acids is 1. The zero-order valence-electron chi connectivity index (χ0n) is 13.2. The highest BCUT2D eigenvalue weighted by Crippen LogP contribution is 2.21. The van der Waals surface area contributed by atoms with Crippen LogP contribution < -0.4 is 0 Å². The lowest BCUT2D eigenvalue weighted by Crippen LogP contribution is -2.42. The Hall–Kier alpha value is -2.87. The van der Waals surface area contributed by atoms with Gasteiger partial charge in [0.15, 0.2) is 11.5 Å². The Bertz CT molecular complexity index is 893. The molecule has 8 heteroatoms. The standard InChI is InChI=1S/C16H16N6O2/c1-11-3-5-17-14(20-11)13-10-21(7-8-24-13)16(23)12-9-19-22-6-2-4-18-15(12)22/h2-6,9,13H,7-8,10H2,1H3. The number of aromatic nitrogens is 5. The van der Waals surface area contributed by atoms with E-state index in [2.05, 4.69) is 20.1 Å². The summed E-state index contributed by atoms with van der Waals surface area (Å²) in [6.07, 6.45) is 6.35. The molecule has 122 valence electrons. The summed E-state index contributed by atoms with van der Waals surface area (Å²) in [7, 11) is 0. The maximum absolute atomic E-state index is 12.9. The Morgan fingerprint density at radius 1 is 1.33 bits per heavy atom. The molecule has 3 aromatic rings. The van der Waals surface area contributed by atoms with Crippen LogP contribution in [0.25, 0.3) is 5.65 Å². The second-order valence-corrected chi connectivity index (χ2v) is 5.61. The number of hydrogen-bond donors (Lipinski definition) is 0. The normalized spacial score (nSPS) is 18.0. The molecule has 3 aromatic heterocycles. The van der Waals surface area contributed by atoms with Crippen LogP contribution in [0.2, 0.25) is 0 Å². The number of morpholine rings is 1. The second-order valence-electron chi connectivity index (χ2n) is 5.61. The van der Waals surface area contributed by atoms with E-state index >= 15 is 0 Å². The van der Waals surface area contributed by atoms with Gasteiger partial charge in [-0.15, -0.1) is 0 Å². The molecule has 1 aliphatic heterocycles. The summed E-state index contributed by atoms with van der Waals surface area (Å²) in [6, 6.07) is 3.61. The highest BCUT2D eigenvalue weighted by Gasteiger charge is 2.29. The van der Waals surface area contributed by atoms with Crippen LogP contribution >= 0.6 is 0 Å². The lowest BCUT2D eigenvalue weighted by atomic mass is 10.2. The first-order chi connectivity index (χ1) is 11.7. The highest BCUT2D eigenvalue weighted by atomic mass is 16.5. The summed E-state index contributed by atoms with van der Waals surface area (Å²) in [5.74, 6) is 0.496. The van der Waals surface area contributed by atoms with Crippen LogP contribution in [0.1, 0.15) is 28.0 Å². The SMILES string of the molecule is Cc1ccnc(C2CN(C(=O)c3cnn4cccnc34)CCO2)n1. The molecular formula is C16H16N6O2. The molecule has 0 saturated carbocycles. The van der Waals surface area contributed by atoms with Gasteiger partial charge < -0.3 is 9.64 Å². The van der Waals surface area contributed by atoms with Gasteiger partial charge in [0.1, 0.15) is 11.7 Å². The predicted molar refractivity (Wildman–Crippen MR) is 84.4 cm³/mol. The van der Waals surface area contributed by atoms with E-state index in [4.69, 9.17) is 4.74 Å². The summed E-state index contributed by atoms with van der Waals surface area (Å²) in [5.41, 5.74) is 1.91. The molecule has 8 nitrogen and oxygen atoms in total. The van der Waals surface area contributed by atoms with Crippen LogP contribution in [0.4, 0.5) is 0 Å². The van der Waals surface area contributed by atoms with E-state index in [1.165, 1.54) is 0 Å². The molecule has 0 radical (unpaired) electrons. The minimum atomic E-state index is -0.322. The first-order valence-electron chi connectivity index (χ1n) is 7.71. The summed E-state index contributed by atoms with van der Waals surface area (Å²) < 4.78 is 7.34. The van der Waals surface area contributed by atoms with Crippen molar-refractivity contribution in [3.8, 4) is 0 Å². The minimum absolute atomic E-state index is 0.107. The van der Waals surface area contributed by atoms with E-state index in [1.54, 1.807) is 40.3 Å². The molecule has 1 amide bonds. The zero-order chi connectivity index (χ0) is 16.5. The first kappa shape index (κ1) is 14.7. The summed E-state index contributed by atoms with van der Waals surface area (Å²) in [5, 5.41) is 4.17. The average Bonchev–Trinajstić information content (AvgIpc) is 3.05. The van der Waals surface area contributed by atoms with Gasteiger partial charge in [0, 0.05) is 30.8 Å². The van der Waals surface area contributed by atoms with Gasteiger partial charge in [0.25, 0.3) is 5.91 Å². The molecule has 1 atom stereocenters. The Morgan fingerprint density at radius 2 is 2.25 bits per heavy atom. The van der Waals surface area contributed by atoms with Crippen LogP contribution in [0.3, 0.4) is 0 Å². The second kappa shape index (κ2) is 5.97. The fourth-order valence-corrected chi connectivity index (χ4v) is 2.76. The summed E-state index contributed by atoms with van der Waals surface area (Å²) in [6.45, 7) is 3.28. The minimum Gasteiger partial charge on any atom is -0.367 e. The van der Waals surface area contributed by atoms with E-state index in [9.17, 15) is 4.79 Å². The van der Waals surface area contributed by atoms with Gasteiger partial charge in [-0.05, 0) is 19.1 Å². The Labute approximate surface area is 138 Å². The van der Waals surface area contributed by atoms with Crippen molar-refractivity contribution < 1.29 is 9.53 Å². The third kappa shape index (κ3) is 2.61. The molecule has 1 aliphatic rings. The number of aryl methyl sites for hydroxylation is 1. The number of nitrogens with zero attached hydrogens (tertiary/aromatic N) is 6. The molecule has 4 heterocycles.